The summed E-state index contributed by atoms with van der Waals surface area (Å²) in [7, 11) is 1.93. The minimum atomic E-state index is 0.0872. The van der Waals surface area contributed by atoms with E-state index in [0.29, 0.717) is 17.4 Å². The second kappa shape index (κ2) is 6.67. The highest BCUT2D eigenvalue weighted by Crippen LogP contribution is 2.36. The van der Waals surface area contributed by atoms with Crippen molar-refractivity contribution in [2.45, 2.75) is 25.4 Å². The van der Waals surface area contributed by atoms with Crippen LogP contribution in [0.1, 0.15) is 23.9 Å². The third kappa shape index (κ3) is 2.73. The topological polar surface area (TPSA) is 60.4 Å². The molecule has 0 amide bonds. The molecule has 0 unspecified atom stereocenters. The molecule has 1 fully saturated rings. The summed E-state index contributed by atoms with van der Waals surface area (Å²) in [5, 5.41) is 0. The third-order valence-corrected chi connectivity index (χ3v) is 6.62. The van der Waals surface area contributed by atoms with E-state index >= 15 is 0 Å². The highest BCUT2D eigenvalue weighted by molar-refractivity contribution is 5.54. The van der Waals surface area contributed by atoms with Gasteiger partial charge in [-0.05, 0) is 36.6 Å². The first-order chi connectivity index (χ1) is 14.7. The number of rotatable bonds is 3. The molecule has 30 heavy (non-hydrogen) atoms. The zero-order valence-corrected chi connectivity index (χ0v) is 17.0. The normalized spacial score (nSPS) is 21.1. The first kappa shape index (κ1) is 17.7. The van der Waals surface area contributed by atoms with E-state index in [-0.39, 0.29) is 5.56 Å². The van der Waals surface area contributed by atoms with E-state index in [1.54, 1.807) is 6.20 Å². The number of aromatic nitrogens is 5. The molecular weight excluding hydrogens is 376 g/mol. The number of aryl methyl sites for hydroxylation is 1. The molecule has 4 aromatic rings. The molecule has 0 aliphatic carbocycles. The highest BCUT2D eigenvalue weighted by atomic mass is 16.1. The van der Waals surface area contributed by atoms with Crippen molar-refractivity contribution in [1.29, 1.82) is 0 Å². The van der Waals surface area contributed by atoms with E-state index in [9.17, 15) is 4.79 Å². The van der Waals surface area contributed by atoms with Gasteiger partial charge in [0.05, 0.1) is 23.8 Å². The van der Waals surface area contributed by atoms with Gasteiger partial charge in [0.2, 0.25) is 0 Å². The summed E-state index contributed by atoms with van der Waals surface area (Å²) >= 11 is 0. The lowest BCUT2D eigenvalue weighted by molar-refractivity contribution is 0.112. The molecule has 0 N–H and O–H groups in total. The maximum absolute atomic E-state index is 13.3. The molecule has 6 rings (SSSR count). The minimum absolute atomic E-state index is 0.0872. The van der Waals surface area contributed by atoms with Crippen molar-refractivity contribution in [2.24, 2.45) is 13.0 Å². The van der Waals surface area contributed by atoms with Crippen molar-refractivity contribution in [1.82, 2.24) is 28.4 Å². The van der Waals surface area contributed by atoms with Crippen LogP contribution in [-0.4, -0.2) is 41.5 Å². The number of hydrogen-bond acceptors (Lipinski definition) is 4. The van der Waals surface area contributed by atoms with Crippen molar-refractivity contribution < 1.29 is 0 Å². The van der Waals surface area contributed by atoms with Crippen LogP contribution in [0, 0.1) is 5.92 Å². The molecule has 0 aromatic carbocycles. The van der Waals surface area contributed by atoms with Gasteiger partial charge in [-0.3, -0.25) is 9.69 Å². The fourth-order valence-electron chi connectivity index (χ4n) is 5.29. The molecule has 4 aromatic heterocycles. The molecule has 7 nitrogen and oxygen atoms in total. The Hall–Kier alpha value is -3.19. The second-order valence-electron chi connectivity index (χ2n) is 8.61. The molecule has 2 bridgehead atoms. The average molecular weight is 400 g/mol. The maximum Gasteiger partial charge on any atom is 0.261 e. The standard InChI is InChI=1S/C23H24N6O/c1-26-9-7-24-22(26)19-5-6-20-17-10-16(13-29(20)23(19)30)12-27(14-17)15-21-25-11-18-4-2-3-8-28(18)21/h2-9,11,16-17H,10,12-15H2,1H3/t16-,17+/m0/s1. The molecular formula is C23H24N6O. The summed E-state index contributed by atoms with van der Waals surface area (Å²) in [5.41, 5.74) is 3.06. The fourth-order valence-corrected chi connectivity index (χ4v) is 5.29. The molecule has 2 aliphatic rings. The number of piperidine rings is 1. The summed E-state index contributed by atoms with van der Waals surface area (Å²) in [6.45, 7) is 3.57. The third-order valence-electron chi connectivity index (χ3n) is 6.62. The smallest absolute Gasteiger partial charge is 0.261 e. The number of pyridine rings is 2. The van der Waals surface area contributed by atoms with Crippen LogP contribution in [-0.2, 0) is 20.1 Å². The van der Waals surface area contributed by atoms with E-state index in [0.717, 1.165) is 55.5 Å². The Bertz CT molecular complexity index is 1300. The largest absolute Gasteiger partial charge is 0.334 e. The van der Waals surface area contributed by atoms with E-state index in [1.807, 2.05) is 46.8 Å². The van der Waals surface area contributed by atoms with Crippen LogP contribution in [0.3, 0.4) is 0 Å². The fraction of sp³-hybridized carbons (Fsp3) is 0.348. The molecule has 7 heteroatoms. The lowest BCUT2D eigenvalue weighted by Crippen LogP contribution is -2.47. The predicted molar refractivity (Wildman–Crippen MR) is 114 cm³/mol. The summed E-state index contributed by atoms with van der Waals surface area (Å²) in [6, 6.07) is 10.3. The van der Waals surface area contributed by atoms with Gasteiger partial charge < -0.3 is 13.5 Å². The quantitative estimate of drug-likeness (QED) is 0.530. The predicted octanol–water partition coefficient (Wildman–Crippen LogP) is 2.52. The molecule has 0 saturated carbocycles. The summed E-state index contributed by atoms with van der Waals surface area (Å²) in [4.78, 5) is 24.8. The van der Waals surface area contributed by atoms with Crippen LogP contribution in [0.2, 0.25) is 0 Å². The summed E-state index contributed by atoms with van der Waals surface area (Å²) in [6.07, 6.45) is 8.79. The highest BCUT2D eigenvalue weighted by Gasteiger charge is 2.35. The Morgan fingerprint density at radius 2 is 2.00 bits per heavy atom. The zero-order chi connectivity index (χ0) is 20.2. The van der Waals surface area contributed by atoms with E-state index in [4.69, 9.17) is 0 Å². The Morgan fingerprint density at radius 1 is 1.07 bits per heavy atom. The van der Waals surface area contributed by atoms with Crippen LogP contribution < -0.4 is 5.56 Å². The minimum Gasteiger partial charge on any atom is -0.334 e. The van der Waals surface area contributed by atoms with Gasteiger partial charge in [0.25, 0.3) is 5.56 Å². The number of nitrogens with zero attached hydrogens (tertiary/aromatic N) is 6. The Morgan fingerprint density at radius 3 is 2.87 bits per heavy atom. The Balaban J connectivity index is 1.30. The van der Waals surface area contributed by atoms with Crippen LogP contribution in [0.15, 0.2) is 59.9 Å². The monoisotopic (exact) mass is 400 g/mol. The second-order valence-corrected chi connectivity index (χ2v) is 8.61. The molecule has 0 radical (unpaired) electrons. The van der Waals surface area contributed by atoms with Crippen LogP contribution in [0.4, 0.5) is 0 Å². The molecule has 2 atom stereocenters. The van der Waals surface area contributed by atoms with Gasteiger partial charge in [0.15, 0.2) is 0 Å². The van der Waals surface area contributed by atoms with Gasteiger partial charge in [-0.25, -0.2) is 9.97 Å². The van der Waals surface area contributed by atoms with Gasteiger partial charge in [0.1, 0.15) is 11.6 Å². The first-order valence-corrected chi connectivity index (χ1v) is 10.5. The summed E-state index contributed by atoms with van der Waals surface area (Å²) in [5.74, 6) is 2.68. The molecule has 6 heterocycles. The molecule has 2 aliphatic heterocycles. The van der Waals surface area contributed by atoms with Crippen molar-refractivity contribution in [3.05, 3.63) is 77.0 Å². The lowest BCUT2D eigenvalue weighted by Gasteiger charge is -2.42. The van der Waals surface area contributed by atoms with Crippen LogP contribution in [0.25, 0.3) is 16.9 Å². The van der Waals surface area contributed by atoms with Gasteiger partial charge >= 0.3 is 0 Å². The number of fused-ring (bicyclic) bond motifs is 5. The van der Waals surface area contributed by atoms with Crippen LogP contribution >= 0.6 is 0 Å². The van der Waals surface area contributed by atoms with Gasteiger partial charge in [-0.1, -0.05) is 6.07 Å². The van der Waals surface area contributed by atoms with Crippen molar-refractivity contribution in [2.75, 3.05) is 13.1 Å². The van der Waals surface area contributed by atoms with Crippen LogP contribution in [0.5, 0.6) is 0 Å². The molecule has 1 saturated heterocycles. The van der Waals surface area contributed by atoms with Crippen molar-refractivity contribution in [3.63, 3.8) is 0 Å². The lowest BCUT2D eigenvalue weighted by atomic mass is 9.83. The summed E-state index contributed by atoms with van der Waals surface area (Å²) < 4.78 is 6.08. The number of hydrogen-bond donors (Lipinski definition) is 0. The SMILES string of the molecule is Cn1ccnc1-c1ccc2n(c1=O)C[C@H]1C[C@@H]2CN(Cc2ncc3ccccn23)C1. The van der Waals surface area contributed by atoms with Crippen molar-refractivity contribution in [3.8, 4) is 11.4 Å². The Kier molecular flexibility index (Phi) is 3.92. The zero-order valence-electron chi connectivity index (χ0n) is 17.0. The van der Waals surface area contributed by atoms with E-state index < -0.39 is 0 Å². The Labute approximate surface area is 174 Å². The maximum atomic E-state index is 13.3. The van der Waals surface area contributed by atoms with E-state index in [2.05, 4.69) is 37.6 Å². The van der Waals surface area contributed by atoms with Crippen molar-refractivity contribution >= 4 is 5.52 Å². The number of likely N-dealkylation sites (tertiary alicyclic amines) is 1. The molecule has 152 valence electrons. The average Bonchev–Trinajstić information content (AvgIpc) is 3.35. The van der Waals surface area contributed by atoms with Gasteiger partial charge in [-0.15, -0.1) is 0 Å². The van der Waals surface area contributed by atoms with Gasteiger partial charge in [-0.2, -0.15) is 0 Å². The van der Waals surface area contributed by atoms with E-state index in [1.165, 1.54) is 0 Å². The molecule has 0 spiro atoms. The first-order valence-electron chi connectivity index (χ1n) is 10.5. The number of imidazole rings is 2. The van der Waals surface area contributed by atoms with Gasteiger partial charge in [0, 0.05) is 56.9 Å².